The van der Waals surface area contributed by atoms with E-state index in [9.17, 15) is 0 Å². The van der Waals surface area contributed by atoms with Crippen LogP contribution in [0.1, 0.15) is 12.8 Å². The summed E-state index contributed by atoms with van der Waals surface area (Å²) in [5.41, 5.74) is 0.830. The quantitative estimate of drug-likeness (QED) is 0.564. The summed E-state index contributed by atoms with van der Waals surface area (Å²) in [6, 6.07) is 0. The summed E-state index contributed by atoms with van der Waals surface area (Å²) in [7, 11) is 1.78. The average molecular weight is 153 g/mol. The largest absolute Gasteiger partial charge is 0.311 e. The van der Waals surface area contributed by atoms with Crippen LogP contribution in [0, 0.1) is 11.3 Å². The Kier molecular flexibility index (Phi) is 3.23. The molecule has 1 unspecified atom stereocenters. The fourth-order valence-electron chi connectivity index (χ4n) is 1.31. The fourth-order valence-corrected chi connectivity index (χ4v) is 1.31. The molecule has 62 valence electrons. The standard InChI is InChI=1S/C8H15N3/c1-10-4-2-7-3-5-11-6-8(7)9/h4,7,9,11H,2-3,5-6H2,1H3. The molecule has 0 spiro atoms. The smallest absolute Gasteiger partial charge is 0.0335 e. The highest BCUT2D eigenvalue weighted by atomic mass is 14.9. The van der Waals surface area contributed by atoms with Crippen LogP contribution >= 0.6 is 0 Å². The maximum atomic E-state index is 7.60. The van der Waals surface area contributed by atoms with E-state index >= 15 is 0 Å². The molecule has 1 aliphatic rings. The van der Waals surface area contributed by atoms with E-state index in [0.717, 1.165) is 31.6 Å². The minimum absolute atomic E-state index is 0.444. The summed E-state index contributed by atoms with van der Waals surface area (Å²) in [5.74, 6) is 0.444. The first-order valence-electron chi connectivity index (χ1n) is 4.03. The van der Waals surface area contributed by atoms with Crippen LogP contribution in [0.5, 0.6) is 0 Å². The van der Waals surface area contributed by atoms with Crippen LogP contribution in [0.4, 0.5) is 0 Å². The summed E-state index contributed by atoms with van der Waals surface area (Å²) >= 11 is 0. The van der Waals surface area contributed by atoms with Gasteiger partial charge in [0.2, 0.25) is 0 Å². The third-order valence-corrected chi connectivity index (χ3v) is 2.05. The molecular formula is C8H15N3. The first-order valence-corrected chi connectivity index (χ1v) is 4.03. The van der Waals surface area contributed by atoms with Gasteiger partial charge < -0.3 is 15.7 Å². The zero-order valence-electron chi connectivity index (χ0n) is 6.93. The van der Waals surface area contributed by atoms with E-state index in [1.54, 1.807) is 7.05 Å². The molecule has 0 radical (unpaired) electrons. The zero-order valence-corrected chi connectivity index (χ0v) is 6.93. The third-order valence-electron chi connectivity index (χ3n) is 2.05. The van der Waals surface area contributed by atoms with Gasteiger partial charge in [0.1, 0.15) is 0 Å². The summed E-state index contributed by atoms with van der Waals surface area (Å²) < 4.78 is 0. The highest BCUT2D eigenvalue weighted by molar-refractivity contribution is 5.88. The van der Waals surface area contributed by atoms with Crippen LogP contribution in [0.3, 0.4) is 0 Å². The molecule has 1 saturated heterocycles. The molecule has 0 aliphatic carbocycles. The predicted octanol–water partition coefficient (Wildman–Crippen LogP) is 0.706. The molecule has 0 saturated carbocycles. The number of aliphatic imine (C=N–C) groups is 1. The van der Waals surface area contributed by atoms with Crippen molar-refractivity contribution in [3.05, 3.63) is 0 Å². The minimum Gasteiger partial charge on any atom is -0.311 e. The van der Waals surface area contributed by atoms with Crippen molar-refractivity contribution in [1.29, 1.82) is 5.41 Å². The number of hydrogen-bond donors (Lipinski definition) is 2. The van der Waals surface area contributed by atoms with Crippen molar-refractivity contribution < 1.29 is 0 Å². The Morgan fingerprint density at radius 2 is 2.64 bits per heavy atom. The van der Waals surface area contributed by atoms with Gasteiger partial charge in [-0.3, -0.25) is 0 Å². The second-order valence-electron chi connectivity index (χ2n) is 2.86. The van der Waals surface area contributed by atoms with E-state index in [2.05, 4.69) is 10.3 Å². The average Bonchev–Trinajstić information content (AvgIpc) is 2.03. The van der Waals surface area contributed by atoms with Gasteiger partial charge in [-0.15, -0.1) is 0 Å². The van der Waals surface area contributed by atoms with E-state index in [4.69, 9.17) is 5.41 Å². The van der Waals surface area contributed by atoms with Crippen molar-refractivity contribution in [2.75, 3.05) is 20.1 Å². The number of nitrogens with zero attached hydrogens (tertiary/aromatic N) is 1. The molecule has 2 N–H and O–H groups in total. The fraction of sp³-hybridized carbons (Fsp3) is 0.750. The molecule has 1 fully saturated rings. The second-order valence-corrected chi connectivity index (χ2v) is 2.86. The van der Waals surface area contributed by atoms with Gasteiger partial charge in [0.15, 0.2) is 0 Å². The normalized spacial score (nSPS) is 26.3. The Balaban J connectivity index is 2.35. The Morgan fingerprint density at radius 1 is 1.82 bits per heavy atom. The van der Waals surface area contributed by atoms with Crippen molar-refractivity contribution in [3.63, 3.8) is 0 Å². The van der Waals surface area contributed by atoms with Crippen molar-refractivity contribution in [2.45, 2.75) is 12.8 Å². The lowest BCUT2D eigenvalue weighted by atomic mass is 9.93. The highest BCUT2D eigenvalue weighted by Crippen LogP contribution is 2.11. The second kappa shape index (κ2) is 4.23. The van der Waals surface area contributed by atoms with Crippen molar-refractivity contribution in [3.8, 4) is 0 Å². The molecule has 3 heteroatoms. The first-order chi connectivity index (χ1) is 5.34. The van der Waals surface area contributed by atoms with Gasteiger partial charge in [0.25, 0.3) is 0 Å². The summed E-state index contributed by atoms with van der Waals surface area (Å²) in [6.45, 7) is 1.81. The summed E-state index contributed by atoms with van der Waals surface area (Å²) in [4.78, 5) is 3.92. The van der Waals surface area contributed by atoms with Gasteiger partial charge >= 0.3 is 0 Å². The molecule has 0 aromatic carbocycles. The summed E-state index contributed by atoms with van der Waals surface area (Å²) in [6.07, 6.45) is 3.94. The minimum atomic E-state index is 0.444. The van der Waals surface area contributed by atoms with Crippen LogP contribution in [-0.2, 0) is 0 Å². The van der Waals surface area contributed by atoms with Crippen LogP contribution in [0.15, 0.2) is 4.99 Å². The maximum absolute atomic E-state index is 7.60. The van der Waals surface area contributed by atoms with Gasteiger partial charge in [-0.25, -0.2) is 0 Å². The Labute approximate surface area is 67.4 Å². The van der Waals surface area contributed by atoms with Crippen molar-refractivity contribution >= 4 is 11.9 Å². The summed E-state index contributed by atoms with van der Waals surface area (Å²) in [5, 5.41) is 10.8. The van der Waals surface area contributed by atoms with Gasteiger partial charge in [0.05, 0.1) is 0 Å². The van der Waals surface area contributed by atoms with Gasteiger partial charge in [-0.05, 0) is 25.6 Å². The SMILES string of the molecule is CN=CCC1CCNCC1=N. The number of hydrogen-bond acceptors (Lipinski definition) is 3. The lowest BCUT2D eigenvalue weighted by molar-refractivity contribution is 0.551. The molecule has 0 aromatic heterocycles. The van der Waals surface area contributed by atoms with E-state index in [1.165, 1.54) is 0 Å². The zero-order chi connectivity index (χ0) is 8.10. The van der Waals surface area contributed by atoms with Crippen molar-refractivity contribution in [1.82, 2.24) is 5.32 Å². The Morgan fingerprint density at radius 3 is 3.27 bits per heavy atom. The topological polar surface area (TPSA) is 48.2 Å². The molecule has 1 rings (SSSR count). The lowest BCUT2D eigenvalue weighted by Crippen LogP contribution is -2.36. The Bertz CT molecular complexity index is 163. The third kappa shape index (κ3) is 2.42. The number of rotatable bonds is 2. The molecule has 3 nitrogen and oxygen atoms in total. The molecule has 0 aromatic rings. The maximum Gasteiger partial charge on any atom is 0.0335 e. The van der Waals surface area contributed by atoms with E-state index < -0.39 is 0 Å². The lowest BCUT2D eigenvalue weighted by Gasteiger charge is -2.22. The van der Waals surface area contributed by atoms with E-state index in [0.29, 0.717) is 5.92 Å². The predicted molar refractivity (Wildman–Crippen MR) is 47.7 cm³/mol. The molecule has 0 bridgehead atoms. The van der Waals surface area contributed by atoms with Crippen LogP contribution < -0.4 is 5.32 Å². The molecular weight excluding hydrogens is 138 g/mol. The van der Waals surface area contributed by atoms with Crippen LogP contribution in [0.25, 0.3) is 0 Å². The molecule has 1 atom stereocenters. The molecule has 1 heterocycles. The number of piperidine rings is 1. The van der Waals surface area contributed by atoms with E-state index in [1.807, 2.05) is 6.21 Å². The highest BCUT2D eigenvalue weighted by Gasteiger charge is 2.16. The van der Waals surface area contributed by atoms with Crippen LogP contribution in [-0.4, -0.2) is 32.1 Å². The number of nitrogens with one attached hydrogen (secondary N) is 2. The molecule has 0 amide bonds. The monoisotopic (exact) mass is 153 g/mol. The molecule has 1 aliphatic heterocycles. The Hall–Kier alpha value is -0.700. The first kappa shape index (κ1) is 8.40. The van der Waals surface area contributed by atoms with E-state index in [-0.39, 0.29) is 0 Å². The van der Waals surface area contributed by atoms with Crippen LogP contribution in [0.2, 0.25) is 0 Å². The molecule has 11 heavy (non-hydrogen) atoms. The van der Waals surface area contributed by atoms with Gasteiger partial charge in [0, 0.05) is 25.2 Å². The van der Waals surface area contributed by atoms with Gasteiger partial charge in [-0.2, -0.15) is 0 Å². The van der Waals surface area contributed by atoms with Crippen molar-refractivity contribution in [2.24, 2.45) is 10.9 Å². The van der Waals surface area contributed by atoms with Gasteiger partial charge in [-0.1, -0.05) is 0 Å².